The minimum Gasteiger partial charge on any atom is -0.490 e. The number of benzene rings is 2. The number of nitriles is 2. The minimum absolute atomic E-state index is 0.0740. The van der Waals surface area contributed by atoms with E-state index in [0.29, 0.717) is 29.2 Å². The number of aromatic nitrogens is 2. The number of hydrazone groups is 1. The summed E-state index contributed by atoms with van der Waals surface area (Å²) >= 11 is 0. The molecule has 0 amide bonds. The number of ether oxygens (including phenoxy) is 2. The van der Waals surface area contributed by atoms with E-state index in [0.717, 1.165) is 0 Å². The molecule has 0 bridgehead atoms. The molecule has 0 radical (unpaired) electrons. The van der Waals surface area contributed by atoms with Gasteiger partial charge in [0.1, 0.15) is 17.7 Å². The highest BCUT2D eigenvalue weighted by molar-refractivity contribution is 5.81. The van der Waals surface area contributed by atoms with Crippen LogP contribution >= 0.6 is 0 Å². The summed E-state index contributed by atoms with van der Waals surface area (Å²) in [5.74, 6) is 1.04. The molecule has 154 valence electrons. The topological polar surface area (TPSA) is 136 Å². The van der Waals surface area contributed by atoms with Crippen molar-refractivity contribution in [3.8, 4) is 34.9 Å². The van der Waals surface area contributed by atoms with Crippen molar-refractivity contribution in [3.63, 3.8) is 0 Å². The van der Waals surface area contributed by atoms with Crippen LogP contribution in [-0.2, 0) is 0 Å². The Hall–Kier alpha value is -4.63. The maximum absolute atomic E-state index is 12.3. The van der Waals surface area contributed by atoms with Crippen LogP contribution in [-0.4, -0.2) is 29.4 Å². The molecule has 31 heavy (non-hydrogen) atoms. The van der Waals surface area contributed by atoms with Gasteiger partial charge in [0.2, 0.25) is 5.95 Å². The van der Waals surface area contributed by atoms with E-state index in [4.69, 9.17) is 14.7 Å². The Morgan fingerprint density at radius 2 is 1.97 bits per heavy atom. The smallest absolute Gasteiger partial charge is 0.270 e. The highest BCUT2D eigenvalue weighted by atomic mass is 16.5. The normalized spacial score (nSPS) is 10.3. The van der Waals surface area contributed by atoms with Gasteiger partial charge in [-0.2, -0.15) is 15.6 Å². The molecule has 2 N–H and O–H groups in total. The molecule has 9 nitrogen and oxygen atoms in total. The van der Waals surface area contributed by atoms with E-state index in [9.17, 15) is 10.1 Å². The molecular weight excluding hydrogens is 396 g/mol. The molecule has 3 aromatic rings. The number of anilines is 1. The zero-order valence-electron chi connectivity index (χ0n) is 16.6. The van der Waals surface area contributed by atoms with Gasteiger partial charge < -0.3 is 9.47 Å². The summed E-state index contributed by atoms with van der Waals surface area (Å²) in [4.78, 5) is 19.1. The molecule has 1 heterocycles. The first-order valence-corrected chi connectivity index (χ1v) is 9.31. The van der Waals surface area contributed by atoms with Crippen molar-refractivity contribution in [2.75, 3.05) is 18.6 Å². The maximum Gasteiger partial charge on any atom is 0.270 e. The quantitative estimate of drug-likeness (QED) is 0.427. The fourth-order valence-electron chi connectivity index (χ4n) is 2.71. The monoisotopic (exact) mass is 414 g/mol. The highest BCUT2D eigenvalue weighted by Crippen LogP contribution is 2.28. The van der Waals surface area contributed by atoms with Crippen molar-refractivity contribution in [1.29, 1.82) is 10.5 Å². The molecule has 0 atom stereocenters. The number of nitrogens with one attached hydrogen (secondary N) is 2. The first-order chi connectivity index (χ1) is 15.2. The zero-order chi connectivity index (χ0) is 22.1. The predicted octanol–water partition coefficient (Wildman–Crippen LogP) is 3.06. The van der Waals surface area contributed by atoms with Crippen molar-refractivity contribution in [2.24, 2.45) is 5.10 Å². The predicted molar refractivity (Wildman–Crippen MR) is 115 cm³/mol. The lowest BCUT2D eigenvalue weighted by Crippen LogP contribution is -2.16. The van der Waals surface area contributed by atoms with Crippen LogP contribution in [0.15, 0.2) is 58.4 Å². The Bertz CT molecular complexity index is 1220. The molecule has 0 aliphatic heterocycles. The molecule has 0 fully saturated rings. The van der Waals surface area contributed by atoms with E-state index < -0.39 is 5.56 Å². The molecule has 0 unspecified atom stereocenters. The number of H-pyrrole nitrogens is 1. The van der Waals surface area contributed by atoms with E-state index in [1.165, 1.54) is 6.21 Å². The van der Waals surface area contributed by atoms with Crippen LogP contribution in [0.4, 0.5) is 5.95 Å². The average molecular weight is 414 g/mol. The van der Waals surface area contributed by atoms with Gasteiger partial charge in [-0.15, -0.1) is 0 Å². The number of nitrogens with zero attached hydrogens (tertiary/aromatic N) is 4. The highest BCUT2D eigenvalue weighted by Gasteiger charge is 2.13. The number of rotatable bonds is 8. The van der Waals surface area contributed by atoms with Crippen molar-refractivity contribution in [3.05, 3.63) is 70.0 Å². The van der Waals surface area contributed by atoms with Gasteiger partial charge in [0.25, 0.3) is 5.56 Å². The lowest BCUT2D eigenvalue weighted by Gasteiger charge is -2.10. The molecule has 0 saturated carbocycles. The second-order valence-corrected chi connectivity index (χ2v) is 6.07. The Labute approximate surface area is 178 Å². The fraction of sp³-hybridized carbons (Fsp3) is 0.136. The molecule has 3 rings (SSSR count). The summed E-state index contributed by atoms with van der Waals surface area (Å²) in [6.07, 6.45) is 1.51. The fourth-order valence-corrected chi connectivity index (χ4v) is 2.71. The Kier molecular flexibility index (Phi) is 6.96. The van der Waals surface area contributed by atoms with Gasteiger partial charge in [-0.25, -0.2) is 10.4 Å². The largest absolute Gasteiger partial charge is 0.490 e. The van der Waals surface area contributed by atoms with Crippen LogP contribution in [0.25, 0.3) is 11.3 Å². The van der Waals surface area contributed by atoms with Crippen molar-refractivity contribution >= 4 is 12.2 Å². The van der Waals surface area contributed by atoms with E-state index in [-0.39, 0.29) is 23.8 Å². The summed E-state index contributed by atoms with van der Waals surface area (Å²) in [6.45, 7) is 2.19. The third-order valence-electron chi connectivity index (χ3n) is 4.02. The standard InChI is InChI=1S/C22H18N6O3/c1-2-30-19-12-15(8-9-18(19)31-11-10-23)14-25-28-22-26-20(16-6-4-3-5-7-16)17(13-24)21(29)27-22/h3-9,12,14H,2,11H2,1H3,(H2,26,27,28,29). The summed E-state index contributed by atoms with van der Waals surface area (Å²) in [7, 11) is 0. The van der Waals surface area contributed by atoms with Crippen LogP contribution in [0.5, 0.6) is 11.5 Å². The maximum atomic E-state index is 12.3. The number of hydrogen-bond acceptors (Lipinski definition) is 8. The Balaban J connectivity index is 1.83. The van der Waals surface area contributed by atoms with Crippen LogP contribution < -0.4 is 20.5 Å². The van der Waals surface area contributed by atoms with Gasteiger partial charge in [0.05, 0.1) is 18.5 Å². The first kappa shape index (κ1) is 21.1. The molecule has 1 aromatic heterocycles. The van der Waals surface area contributed by atoms with Gasteiger partial charge in [-0.1, -0.05) is 30.3 Å². The van der Waals surface area contributed by atoms with E-state index in [1.807, 2.05) is 25.1 Å². The summed E-state index contributed by atoms with van der Waals surface area (Å²) in [6, 6.07) is 17.9. The lowest BCUT2D eigenvalue weighted by atomic mass is 10.1. The molecular formula is C22H18N6O3. The molecule has 0 aliphatic carbocycles. The molecule has 0 spiro atoms. The molecule has 2 aromatic carbocycles. The van der Waals surface area contributed by atoms with Gasteiger partial charge in [0.15, 0.2) is 18.1 Å². The first-order valence-electron chi connectivity index (χ1n) is 9.31. The summed E-state index contributed by atoms with van der Waals surface area (Å²) in [5, 5.41) is 22.1. The molecule has 0 aliphatic rings. The van der Waals surface area contributed by atoms with Crippen LogP contribution in [0.2, 0.25) is 0 Å². The Morgan fingerprint density at radius 3 is 2.68 bits per heavy atom. The minimum atomic E-state index is -0.563. The summed E-state index contributed by atoms with van der Waals surface area (Å²) < 4.78 is 10.9. The van der Waals surface area contributed by atoms with Gasteiger partial charge in [0, 0.05) is 5.56 Å². The SMILES string of the molecule is CCOc1cc(C=NNc2nc(-c3ccccc3)c(C#N)c(=O)[nH]2)ccc1OCC#N. The second kappa shape index (κ2) is 10.2. The molecule has 0 saturated heterocycles. The van der Waals surface area contributed by atoms with E-state index in [1.54, 1.807) is 42.5 Å². The van der Waals surface area contributed by atoms with Crippen LogP contribution in [0.3, 0.4) is 0 Å². The van der Waals surface area contributed by atoms with Crippen LogP contribution in [0, 0.1) is 22.7 Å². The lowest BCUT2D eigenvalue weighted by molar-refractivity contribution is 0.298. The van der Waals surface area contributed by atoms with Crippen molar-refractivity contribution in [2.45, 2.75) is 6.92 Å². The number of aromatic amines is 1. The third kappa shape index (κ3) is 5.25. The average Bonchev–Trinajstić information content (AvgIpc) is 2.79. The zero-order valence-corrected chi connectivity index (χ0v) is 16.6. The summed E-state index contributed by atoms with van der Waals surface area (Å²) in [5.41, 5.74) is 3.64. The Morgan fingerprint density at radius 1 is 1.16 bits per heavy atom. The number of hydrogen-bond donors (Lipinski definition) is 2. The van der Waals surface area contributed by atoms with Gasteiger partial charge in [-0.05, 0) is 30.7 Å². The van der Waals surface area contributed by atoms with E-state index in [2.05, 4.69) is 20.5 Å². The third-order valence-corrected chi connectivity index (χ3v) is 4.02. The molecule has 9 heteroatoms. The van der Waals surface area contributed by atoms with Crippen molar-refractivity contribution < 1.29 is 9.47 Å². The van der Waals surface area contributed by atoms with E-state index >= 15 is 0 Å². The van der Waals surface area contributed by atoms with Crippen LogP contribution in [0.1, 0.15) is 18.1 Å². The van der Waals surface area contributed by atoms with Crippen molar-refractivity contribution in [1.82, 2.24) is 9.97 Å². The van der Waals surface area contributed by atoms with Gasteiger partial charge in [-0.3, -0.25) is 9.78 Å². The van der Waals surface area contributed by atoms with Gasteiger partial charge >= 0.3 is 0 Å². The second-order valence-electron chi connectivity index (χ2n) is 6.07.